The van der Waals surface area contributed by atoms with Gasteiger partial charge in [0.25, 0.3) is 0 Å². The van der Waals surface area contributed by atoms with E-state index in [0.29, 0.717) is 6.61 Å². The van der Waals surface area contributed by atoms with Gasteiger partial charge in [0.15, 0.2) is 6.29 Å². The van der Waals surface area contributed by atoms with Gasteiger partial charge in [-0.3, -0.25) is 0 Å². The van der Waals surface area contributed by atoms with Crippen LogP contribution in [-0.2, 0) is 23.7 Å². The van der Waals surface area contributed by atoms with Crippen molar-refractivity contribution in [2.45, 2.75) is 30.7 Å². The van der Waals surface area contributed by atoms with Gasteiger partial charge in [0.05, 0.1) is 6.61 Å². The molecule has 0 aromatic carbocycles. The largest absolute Gasteiger partial charge is 0.376 e. The van der Waals surface area contributed by atoms with Crippen LogP contribution in [0.2, 0.25) is 0 Å². The van der Waals surface area contributed by atoms with E-state index in [-0.39, 0.29) is 30.7 Å². The van der Waals surface area contributed by atoms with Crippen LogP contribution in [0.5, 0.6) is 0 Å². The van der Waals surface area contributed by atoms with Crippen molar-refractivity contribution in [3.8, 4) is 0 Å². The van der Waals surface area contributed by atoms with Gasteiger partial charge >= 0.3 is 0 Å². The molecule has 82 valence electrons. The van der Waals surface area contributed by atoms with Crippen molar-refractivity contribution in [1.82, 2.24) is 0 Å². The molecule has 0 saturated carbocycles. The van der Waals surface area contributed by atoms with Crippen LogP contribution in [0.25, 0.3) is 0 Å². The first-order valence-corrected chi connectivity index (χ1v) is 4.67. The smallest absolute Gasteiger partial charge is 0.187 e. The molecule has 5 nitrogen and oxygen atoms in total. The molecule has 2 rings (SSSR count). The lowest BCUT2D eigenvalue weighted by molar-refractivity contribution is -0.246. The predicted octanol–water partition coefficient (Wildman–Crippen LogP) is -0.214. The van der Waals surface area contributed by atoms with Crippen molar-refractivity contribution in [3.05, 3.63) is 0 Å². The normalized spacial score (nSPS) is 46.9. The van der Waals surface area contributed by atoms with Gasteiger partial charge in [-0.1, -0.05) is 0 Å². The molecule has 14 heavy (non-hydrogen) atoms. The fraction of sp³-hybridized carbons (Fsp3) is 1.00. The Morgan fingerprint density at radius 3 is 2.14 bits per heavy atom. The molecule has 0 aliphatic carbocycles. The molecule has 2 fully saturated rings. The molecule has 0 aromatic rings. The first-order valence-electron chi connectivity index (χ1n) is 4.67. The summed E-state index contributed by atoms with van der Waals surface area (Å²) in [5, 5.41) is 0. The Labute approximate surface area is 83.2 Å². The van der Waals surface area contributed by atoms with Crippen molar-refractivity contribution < 1.29 is 23.7 Å². The van der Waals surface area contributed by atoms with E-state index in [1.54, 1.807) is 21.3 Å². The van der Waals surface area contributed by atoms with Crippen LogP contribution >= 0.6 is 0 Å². The standard InChI is InChI=1S/C9H16O5/c1-10-6-5-4-13-9(14-5)8(12-3)7(6)11-2/h5-9H,4H2,1-3H3/t5-,6-,7+,8+,9+/m1/s1. The summed E-state index contributed by atoms with van der Waals surface area (Å²) in [4.78, 5) is 0. The molecule has 2 heterocycles. The van der Waals surface area contributed by atoms with E-state index in [9.17, 15) is 0 Å². The second kappa shape index (κ2) is 4.12. The average Bonchev–Trinajstić information content (AvgIpc) is 2.63. The maximum absolute atomic E-state index is 5.58. The first kappa shape index (κ1) is 10.3. The molecule has 0 unspecified atom stereocenters. The van der Waals surface area contributed by atoms with Crippen molar-refractivity contribution in [3.63, 3.8) is 0 Å². The zero-order valence-electron chi connectivity index (χ0n) is 8.64. The third kappa shape index (κ3) is 1.45. The van der Waals surface area contributed by atoms with E-state index in [2.05, 4.69) is 0 Å². The average molecular weight is 204 g/mol. The highest BCUT2D eigenvalue weighted by molar-refractivity contribution is 4.95. The fourth-order valence-electron chi connectivity index (χ4n) is 2.14. The SMILES string of the molecule is CO[C@@H]1[C@H](OC)[C@H]2OC[C@@H](O2)[C@H]1OC. The molecule has 0 N–H and O–H groups in total. The minimum Gasteiger partial charge on any atom is -0.376 e. The van der Waals surface area contributed by atoms with Gasteiger partial charge in [-0.25, -0.2) is 0 Å². The Bertz CT molecular complexity index is 180. The van der Waals surface area contributed by atoms with E-state index in [1.807, 2.05) is 0 Å². The quantitative estimate of drug-likeness (QED) is 0.636. The van der Waals surface area contributed by atoms with Crippen LogP contribution in [-0.4, -0.2) is 58.6 Å². The molecule has 0 radical (unpaired) electrons. The number of hydrogen-bond donors (Lipinski definition) is 0. The Balaban J connectivity index is 2.16. The summed E-state index contributed by atoms with van der Waals surface area (Å²) >= 11 is 0. The van der Waals surface area contributed by atoms with Crippen LogP contribution in [0.15, 0.2) is 0 Å². The highest BCUT2D eigenvalue weighted by Gasteiger charge is 2.51. The third-order valence-corrected chi connectivity index (χ3v) is 2.83. The highest BCUT2D eigenvalue weighted by Crippen LogP contribution is 2.32. The maximum atomic E-state index is 5.58. The Morgan fingerprint density at radius 2 is 1.57 bits per heavy atom. The van der Waals surface area contributed by atoms with E-state index >= 15 is 0 Å². The summed E-state index contributed by atoms with van der Waals surface area (Å²) in [5.74, 6) is 0. The number of hydrogen-bond acceptors (Lipinski definition) is 5. The van der Waals surface area contributed by atoms with Crippen LogP contribution < -0.4 is 0 Å². The lowest BCUT2D eigenvalue weighted by atomic mass is 10.0. The van der Waals surface area contributed by atoms with Crippen molar-refractivity contribution in [2.24, 2.45) is 0 Å². The van der Waals surface area contributed by atoms with E-state index < -0.39 is 0 Å². The van der Waals surface area contributed by atoms with Gasteiger partial charge in [-0.15, -0.1) is 0 Å². The number of fused-ring (bicyclic) bond motifs is 2. The monoisotopic (exact) mass is 204 g/mol. The molecule has 2 aliphatic rings. The van der Waals surface area contributed by atoms with Crippen molar-refractivity contribution in [2.75, 3.05) is 27.9 Å². The van der Waals surface area contributed by atoms with Gasteiger partial charge < -0.3 is 23.7 Å². The second-order valence-corrected chi connectivity index (χ2v) is 3.48. The van der Waals surface area contributed by atoms with E-state index in [4.69, 9.17) is 23.7 Å². The zero-order chi connectivity index (χ0) is 10.1. The number of methoxy groups -OCH3 is 3. The van der Waals surface area contributed by atoms with Crippen molar-refractivity contribution >= 4 is 0 Å². The predicted molar refractivity (Wildman–Crippen MR) is 47.0 cm³/mol. The summed E-state index contributed by atoms with van der Waals surface area (Å²) in [6, 6.07) is 0. The van der Waals surface area contributed by atoms with E-state index in [0.717, 1.165) is 0 Å². The third-order valence-electron chi connectivity index (χ3n) is 2.83. The second-order valence-electron chi connectivity index (χ2n) is 3.48. The molecule has 5 heteroatoms. The zero-order valence-corrected chi connectivity index (χ0v) is 8.64. The first-order chi connectivity index (χ1) is 6.81. The summed E-state index contributed by atoms with van der Waals surface area (Å²) in [7, 11) is 4.91. The molecule has 2 saturated heterocycles. The molecule has 0 amide bonds. The molecule has 0 aromatic heterocycles. The fourth-order valence-corrected chi connectivity index (χ4v) is 2.14. The Morgan fingerprint density at radius 1 is 0.929 bits per heavy atom. The molecule has 2 aliphatic heterocycles. The minimum atomic E-state index is -0.318. The van der Waals surface area contributed by atoms with Gasteiger partial charge in [0.1, 0.15) is 24.4 Å². The van der Waals surface area contributed by atoms with Crippen LogP contribution in [0.1, 0.15) is 0 Å². The van der Waals surface area contributed by atoms with Gasteiger partial charge in [0, 0.05) is 21.3 Å². The Kier molecular flexibility index (Phi) is 3.04. The van der Waals surface area contributed by atoms with E-state index in [1.165, 1.54) is 0 Å². The summed E-state index contributed by atoms with van der Waals surface area (Å²) in [6.07, 6.45) is -0.827. The molecule has 0 spiro atoms. The van der Waals surface area contributed by atoms with Crippen molar-refractivity contribution in [1.29, 1.82) is 0 Å². The summed E-state index contributed by atoms with van der Waals surface area (Å²) in [5.41, 5.74) is 0. The van der Waals surface area contributed by atoms with Gasteiger partial charge in [-0.2, -0.15) is 0 Å². The van der Waals surface area contributed by atoms with Crippen LogP contribution in [0, 0.1) is 0 Å². The minimum absolute atomic E-state index is 0.0404. The summed E-state index contributed by atoms with van der Waals surface area (Å²) < 4.78 is 27.0. The summed E-state index contributed by atoms with van der Waals surface area (Å²) in [6.45, 7) is 0.545. The molecular weight excluding hydrogens is 188 g/mol. The van der Waals surface area contributed by atoms with Crippen LogP contribution in [0.3, 0.4) is 0 Å². The Hall–Kier alpha value is -0.200. The van der Waals surface area contributed by atoms with Gasteiger partial charge in [-0.05, 0) is 0 Å². The number of ether oxygens (including phenoxy) is 5. The lowest BCUT2D eigenvalue weighted by Crippen LogP contribution is -2.56. The van der Waals surface area contributed by atoms with Gasteiger partial charge in [0.2, 0.25) is 0 Å². The molecule has 2 bridgehead atoms. The molecule has 5 atom stereocenters. The lowest BCUT2D eigenvalue weighted by Gasteiger charge is -2.38. The van der Waals surface area contributed by atoms with Crippen LogP contribution in [0.4, 0.5) is 0 Å². The maximum Gasteiger partial charge on any atom is 0.187 e. The highest BCUT2D eigenvalue weighted by atomic mass is 16.8. The molecular formula is C9H16O5. The number of rotatable bonds is 3. The topological polar surface area (TPSA) is 46.2 Å².